The van der Waals surface area contributed by atoms with Gasteiger partial charge < -0.3 is 9.15 Å². The van der Waals surface area contributed by atoms with E-state index >= 15 is 0 Å². The summed E-state index contributed by atoms with van der Waals surface area (Å²) < 4.78 is 11.6. The lowest BCUT2D eigenvalue weighted by atomic mass is 9.90. The number of rotatable bonds is 2. The molecule has 2 aliphatic rings. The molecule has 4 rings (SSSR count). The molecule has 1 aliphatic heterocycles. The van der Waals surface area contributed by atoms with E-state index in [1.165, 1.54) is 0 Å². The summed E-state index contributed by atoms with van der Waals surface area (Å²) in [5, 5.41) is 19.4. The van der Waals surface area contributed by atoms with Crippen molar-refractivity contribution in [3.63, 3.8) is 0 Å². The Balaban J connectivity index is 1.75. The van der Waals surface area contributed by atoms with Gasteiger partial charge in [0, 0.05) is 28.4 Å². The number of benzene rings is 1. The third-order valence-electron chi connectivity index (χ3n) is 5.38. The maximum absolute atomic E-state index is 12.7. The minimum absolute atomic E-state index is 0.00573. The Bertz CT molecular complexity index is 1530. The van der Waals surface area contributed by atoms with Crippen LogP contribution in [0.4, 0.5) is 0 Å². The van der Waals surface area contributed by atoms with Crippen molar-refractivity contribution >= 4 is 23.1 Å². The fourth-order valence-corrected chi connectivity index (χ4v) is 3.53. The van der Waals surface area contributed by atoms with Gasteiger partial charge in [0.25, 0.3) is 0 Å². The Morgan fingerprint density at radius 3 is 2.65 bits per heavy atom. The van der Waals surface area contributed by atoms with Gasteiger partial charge in [-0.15, -0.1) is 0 Å². The highest BCUT2D eigenvalue weighted by Crippen LogP contribution is 2.34. The number of hydrogen-bond acceptors (Lipinski definition) is 5. The van der Waals surface area contributed by atoms with Crippen molar-refractivity contribution in [2.45, 2.75) is 33.6 Å². The maximum Gasteiger partial charge on any atom is 0.343 e. The molecule has 0 N–H and O–H groups in total. The van der Waals surface area contributed by atoms with Crippen LogP contribution in [0.1, 0.15) is 50.3 Å². The summed E-state index contributed by atoms with van der Waals surface area (Å²) in [7, 11) is 0. The first-order valence-corrected chi connectivity index (χ1v) is 10.9. The molecule has 0 radical (unpaired) electrons. The first kappa shape index (κ1) is 22.7. The molecule has 0 fully saturated rings. The Morgan fingerprint density at radius 1 is 1.12 bits per heavy atom. The van der Waals surface area contributed by atoms with Crippen LogP contribution < -0.4 is 5.63 Å². The molecule has 0 unspecified atom stereocenters. The van der Waals surface area contributed by atoms with E-state index in [2.05, 4.69) is 17.9 Å². The lowest BCUT2D eigenvalue weighted by Gasteiger charge is -2.26. The average Bonchev–Trinajstić information content (AvgIpc) is 2.78. The Labute approximate surface area is 198 Å². The van der Waals surface area contributed by atoms with Gasteiger partial charge in [-0.1, -0.05) is 44.8 Å². The zero-order chi connectivity index (χ0) is 24.3. The fraction of sp³-hybridized carbons (Fsp3) is 0.207. The molecule has 0 saturated carbocycles. The molecule has 34 heavy (non-hydrogen) atoms. The second kappa shape index (κ2) is 9.14. The minimum Gasteiger partial charge on any atom is -0.461 e. The standard InChI is InChI=1S/C29H22N2O3/c1-29(2,3)27-16-22(24(17-30)18-31)14-25(33-27)11-10-21-13-23-12-19-8-6-4-5-7-9-20(19)15-26(23)34-28(21)32/h6,8,10-16H,4-5H2,1-3H3/b8-6-,11-10+. The molecule has 5 nitrogen and oxygen atoms in total. The fourth-order valence-electron chi connectivity index (χ4n) is 3.53. The van der Waals surface area contributed by atoms with Gasteiger partial charge in [-0.05, 0) is 54.5 Å². The van der Waals surface area contributed by atoms with Crippen LogP contribution in [-0.2, 0) is 4.74 Å². The minimum atomic E-state index is -0.480. The van der Waals surface area contributed by atoms with Gasteiger partial charge in [0.1, 0.15) is 34.8 Å². The predicted molar refractivity (Wildman–Crippen MR) is 132 cm³/mol. The van der Waals surface area contributed by atoms with E-state index in [1.54, 1.807) is 36.4 Å². The molecular weight excluding hydrogens is 424 g/mol. The van der Waals surface area contributed by atoms with E-state index in [0.29, 0.717) is 28.2 Å². The van der Waals surface area contributed by atoms with Gasteiger partial charge >= 0.3 is 5.63 Å². The first-order chi connectivity index (χ1) is 16.3. The highest BCUT2D eigenvalue weighted by molar-refractivity contribution is 5.84. The van der Waals surface area contributed by atoms with Crippen LogP contribution in [0.25, 0.3) is 23.1 Å². The molecule has 2 heterocycles. The summed E-state index contributed by atoms with van der Waals surface area (Å²) in [4.78, 5) is 12.7. The largest absolute Gasteiger partial charge is 0.461 e. The van der Waals surface area contributed by atoms with E-state index in [0.717, 1.165) is 29.4 Å². The van der Waals surface area contributed by atoms with Gasteiger partial charge in [-0.25, -0.2) is 4.79 Å². The van der Waals surface area contributed by atoms with Crippen LogP contribution in [0.15, 0.2) is 74.4 Å². The monoisotopic (exact) mass is 446 g/mol. The van der Waals surface area contributed by atoms with Gasteiger partial charge in [-0.2, -0.15) is 10.5 Å². The summed E-state index contributed by atoms with van der Waals surface area (Å²) in [6, 6.07) is 9.38. The van der Waals surface area contributed by atoms with Crippen molar-refractivity contribution in [1.29, 1.82) is 10.5 Å². The van der Waals surface area contributed by atoms with Crippen LogP contribution in [0.2, 0.25) is 0 Å². The van der Waals surface area contributed by atoms with Crippen molar-refractivity contribution in [2.24, 2.45) is 5.41 Å². The number of hydrogen-bond donors (Lipinski definition) is 0. The maximum atomic E-state index is 12.7. The second-order valence-electron chi connectivity index (χ2n) is 9.00. The van der Waals surface area contributed by atoms with Gasteiger partial charge in [0.05, 0.1) is 5.56 Å². The molecule has 1 aromatic heterocycles. The third kappa shape index (κ3) is 4.78. The average molecular weight is 447 g/mol. The van der Waals surface area contributed by atoms with Crippen LogP contribution in [-0.4, -0.2) is 0 Å². The predicted octanol–water partition coefficient (Wildman–Crippen LogP) is 6.15. The first-order valence-electron chi connectivity index (χ1n) is 10.9. The van der Waals surface area contributed by atoms with E-state index in [1.807, 2.05) is 45.1 Å². The molecule has 166 valence electrons. The topological polar surface area (TPSA) is 87.0 Å². The third-order valence-corrected chi connectivity index (χ3v) is 5.38. The molecule has 0 spiro atoms. The summed E-state index contributed by atoms with van der Waals surface area (Å²) in [6.45, 7) is 5.93. The van der Waals surface area contributed by atoms with Gasteiger partial charge in [0.2, 0.25) is 0 Å². The zero-order valence-electron chi connectivity index (χ0n) is 19.2. The molecule has 0 saturated heterocycles. The Hall–Kier alpha value is -4.53. The molecule has 0 bridgehead atoms. The van der Waals surface area contributed by atoms with Crippen molar-refractivity contribution in [1.82, 2.24) is 0 Å². The molecular formula is C29H22N2O3. The highest BCUT2D eigenvalue weighted by Gasteiger charge is 2.24. The Kier molecular flexibility index (Phi) is 6.09. The number of ether oxygens (including phenoxy) is 1. The molecule has 1 aromatic carbocycles. The lowest BCUT2D eigenvalue weighted by Crippen LogP contribution is -2.15. The molecule has 2 aromatic rings. The van der Waals surface area contributed by atoms with Crippen molar-refractivity contribution in [3.05, 3.63) is 92.3 Å². The highest BCUT2D eigenvalue weighted by atomic mass is 16.5. The molecule has 5 heteroatoms. The summed E-state index contributed by atoms with van der Waals surface area (Å²) >= 11 is 0. The van der Waals surface area contributed by atoms with Crippen molar-refractivity contribution < 1.29 is 9.15 Å². The van der Waals surface area contributed by atoms with Crippen LogP contribution in [0.5, 0.6) is 0 Å². The summed E-state index contributed by atoms with van der Waals surface area (Å²) in [5.74, 6) is 7.30. The van der Waals surface area contributed by atoms with Crippen LogP contribution >= 0.6 is 0 Å². The van der Waals surface area contributed by atoms with Gasteiger partial charge in [0.15, 0.2) is 0 Å². The van der Waals surface area contributed by atoms with E-state index in [-0.39, 0.29) is 11.0 Å². The number of fused-ring (bicyclic) bond motifs is 2. The zero-order valence-corrected chi connectivity index (χ0v) is 19.2. The second-order valence-corrected chi connectivity index (χ2v) is 9.00. The van der Waals surface area contributed by atoms with Crippen molar-refractivity contribution in [3.8, 4) is 24.0 Å². The quantitative estimate of drug-likeness (QED) is 0.314. The SMILES string of the molecule is CC(C)(C)C1=CC(=C(C#N)C#N)C=C(/C=C/c2cc3cc4c(cc3oc2=O)C#CCC/C=C\4)O1. The van der Waals surface area contributed by atoms with E-state index in [9.17, 15) is 15.3 Å². The molecule has 1 aliphatic carbocycles. The number of nitrogens with zero attached hydrogens (tertiary/aromatic N) is 2. The van der Waals surface area contributed by atoms with E-state index < -0.39 is 5.63 Å². The van der Waals surface area contributed by atoms with Crippen LogP contribution in [0, 0.1) is 39.9 Å². The normalized spacial score (nSPS) is 16.0. The molecule has 0 atom stereocenters. The lowest BCUT2D eigenvalue weighted by molar-refractivity contribution is 0.223. The summed E-state index contributed by atoms with van der Waals surface area (Å²) in [6.07, 6.45) is 12.4. The number of nitriles is 2. The summed E-state index contributed by atoms with van der Waals surface area (Å²) in [5.41, 5.74) is 2.30. The smallest absolute Gasteiger partial charge is 0.343 e. The van der Waals surface area contributed by atoms with Crippen LogP contribution in [0.3, 0.4) is 0 Å². The Morgan fingerprint density at radius 2 is 1.91 bits per heavy atom. The van der Waals surface area contributed by atoms with Crippen molar-refractivity contribution in [2.75, 3.05) is 0 Å². The van der Waals surface area contributed by atoms with Gasteiger partial charge in [-0.3, -0.25) is 0 Å². The number of allylic oxidation sites excluding steroid dienone is 7. The molecule has 0 amide bonds. The van der Waals surface area contributed by atoms with E-state index in [4.69, 9.17) is 9.15 Å².